The molecule has 1 unspecified atom stereocenters. The predicted octanol–water partition coefficient (Wildman–Crippen LogP) is 3.94. The van der Waals surface area contributed by atoms with Crippen molar-refractivity contribution < 1.29 is 14.3 Å². The summed E-state index contributed by atoms with van der Waals surface area (Å²) in [6.07, 6.45) is 2.80. The first-order valence-electron chi connectivity index (χ1n) is 9.95. The van der Waals surface area contributed by atoms with Crippen molar-refractivity contribution in [1.29, 1.82) is 0 Å². The molecular weight excluding hydrogens is 364 g/mol. The number of methoxy groups -OCH3 is 1. The van der Waals surface area contributed by atoms with E-state index in [1.165, 1.54) is 12.7 Å². The summed E-state index contributed by atoms with van der Waals surface area (Å²) in [5, 5.41) is 3.90. The molecule has 1 aromatic heterocycles. The van der Waals surface area contributed by atoms with Gasteiger partial charge in [-0.15, -0.1) is 0 Å². The Morgan fingerprint density at radius 1 is 1.03 bits per heavy atom. The van der Waals surface area contributed by atoms with Crippen LogP contribution in [0.4, 0.5) is 0 Å². The Bertz CT molecular complexity index is 976. The van der Waals surface area contributed by atoms with E-state index in [4.69, 9.17) is 4.74 Å². The van der Waals surface area contributed by atoms with Crippen LogP contribution in [0.25, 0.3) is 10.9 Å². The number of amides is 1. The summed E-state index contributed by atoms with van der Waals surface area (Å²) >= 11 is 0. The third-order valence-electron chi connectivity index (χ3n) is 4.95. The molecule has 2 aromatic carbocycles. The minimum Gasteiger partial charge on any atom is -0.467 e. The van der Waals surface area contributed by atoms with Gasteiger partial charge >= 0.3 is 5.97 Å². The Balaban J connectivity index is 1.80. The SMILES string of the molecule is COC(=O)C(CC(C)C)NC(=O)Cc1cn(Cc2ccccc2)c2ccccc12. The molecule has 3 rings (SSSR count). The fourth-order valence-corrected chi connectivity index (χ4v) is 3.62. The van der Waals surface area contributed by atoms with Crippen molar-refractivity contribution in [2.24, 2.45) is 5.92 Å². The Kier molecular flexibility index (Phi) is 6.70. The first kappa shape index (κ1) is 20.6. The number of aromatic nitrogens is 1. The zero-order valence-corrected chi connectivity index (χ0v) is 17.2. The molecule has 3 aromatic rings. The largest absolute Gasteiger partial charge is 0.467 e. The molecule has 1 N–H and O–H groups in total. The summed E-state index contributed by atoms with van der Waals surface area (Å²) in [5.41, 5.74) is 3.24. The minimum atomic E-state index is -0.620. The molecule has 0 aliphatic heterocycles. The van der Waals surface area contributed by atoms with Crippen molar-refractivity contribution in [3.8, 4) is 0 Å². The molecule has 152 valence electrons. The van der Waals surface area contributed by atoms with E-state index in [9.17, 15) is 9.59 Å². The number of para-hydroxylation sites is 1. The first-order valence-corrected chi connectivity index (χ1v) is 9.95. The smallest absolute Gasteiger partial charge is 0.328 e. The number of fused-ring (bicyclic) bond motifs is 1. The van der Waals surface area contributed by atoms with Gasteiger partial charge in [0.25, 0.3) is 0 Å². The summed E-state index contributed by atoms with van der Waals surface area (Å²) in [5.74, 6) is -0.311. The van der Waals surface area contributed by atoms with E-state index in [1.54, 1.807) is 0 Å². The maximum atomic E-state index is 12.7. The van der Waals surface area contributed by atoms with Crippen LogP contribution in [-0.4, -0.2) is 29.6 Å². The predicted molar refractivity (Wildman–Crippen MR) is 115 cm³/mol. The molecule has 1 amide bonds. The van der Waals surface area contributed by atoms with Crippen LogP contribution in [0.2, 0.25) is 0 Å². The number of hydrogen-bond acceptors (Lipinski definition) is 3. The number of nitrogens with zero attached hydrogens (tertiary/aromatic N) is 1. The number of rotatable bonds is 8. The van der Waals surface area contributed by atoms with Gasteiger partial charge in [-0.25, -0.2) is 4.79 Å². The zero-order chi connectivity index (χ0) is 20.8. The Hall–Kier alpha value is -3.08. The number of esters is 1. The van der Waals surface area contributed by atoms with Crippen molar-refractivity contribution in [3.63, 3.8) is 0 Å². The highest BCUT2D eigenvalue weighted by atomic mass is 16.5. The van der Waals surface area contributed by atoms with Crippen LogP contribution in [0, 0.1) is 5.92 Å². The van der Waals surface area contributed by atoms with Crippen molar-refractivity contribution in [2.75, 3.05) is 7.11 Å². The highest BCUT2D eigenvalue weighted by Gasteiger charge is 2.23. The molecule has 0 saturated carbocycles. The second-order valence-electron chi connectivity index (χ2n) is 7.73. The number of carbonyl (C=O) groups is 2. The Labute approximate surface area is 171 Å². The van der Waals surface area contributed by atoms with E-state index in [0.29, 0.717) is 6.42 Å². The van der Waals surface area contributed by atoms with E-state index >= 15 is 0 Å². The topological polar surface area (TPSA) is 60.3 Å². The Morgan fingerprint density at radius 3 is 2.41 bits per heavy atom. The van der Waals surface area contributed by atoms with Crippen LogP contribution in [0.5, 0.6) is 0 Å². The highest BCUT2D eigenvalue weighted by molar-refractivity contribution is 5.91. The maximum absolute atomic E-state index is 12.7. The van der Waals surface area contributed by atoms with Crippen LogP contribution in [0.15, 0.2) is 60.8 Å². The lowest BCUT2D eigenvalue weighted by atomic mass is 10.0. The second-order valence-corrected chi connectivity index (χ2v) is 7.73. The number of nitrogens with one attached hydrogen (secondary N) is 1. The quantitative estimate of drug-likeness (QED) is 0.591. The average molecular weight is 392 g/mol. The number of benzene rings is 2. The molecule has 5 nitrogen and oxygen atoms in total. The van der Waals surface area contributed by atoms with Crippen LogP contribution in [0.3, 0.4) is 0 Å². The summed E-state index contributed by atoms with van der Waals surface area (Å²) in [6, 6.07) is 17.7. The molecule has 0 bridgehead atoms. The van der Waals surface area contributed by atoms with Crippen LogP contribution in [0.1, 0.15) is 31.4 Å². The lowest BCUT2D eigenvalue weighted by Crippen LogP contribution is -2.43. The second kappa shape index (κ2) is 9.41. The third kappa shape index (κ3) is 5.25. The molecule has 29 heavy (non-hydrogen) atoms. The lowest BCUT2D eigenvalue weighted by molar-refractivity contribution is -0.145. The lowest BCUT2D eigenvalue weighted by Gasteiger charge is -2.18. The fraction of sp³-hybridized carbons (Fsp3) is 0.333. The standard InChI is InChI=1S/C24H28N2O3/c1-17(2)13-21(24(28)29-3)25-23(27)14-19-16-26(15-18-9-5-4-6-10-18)22-12-8-7-11-20(19)22/h4-12,16-17,21H,13-15H2,1-3H3,(H,25,27). The van der Waals surface area contributed by atoms with Crippen molar-refractivity contribution in [1.82, 2.24) is 9.88 Å². The van der Waals surface area contributed by atoms with Gasteiger partial charge in [0.1, 0.15) is 6.04 Å². The van der Waals surface area contributed by atoms with Crippen LogP contribution in [-0.2, 0) is 27.3 Å². The van der Waals surface area contributed by atoms with Crippen molar-refractivity contribution >= 4 is 22.8 Å². The van der Waals surface area contributed by atoms with Gasteiger partial charge in [-0.1, -0.05) is 62.4 Å². The molecule has 5 heteroatoms. The summed E-state index contributed by atoms with van der Waals surface area (Å²) in [4.78, 5) is 24.7. The van der Waals surface area contributed by atoms with Gasteiger partial charge in [0.2, 0.25) is 5.91 Å². The van der Waals surface area contributed by atoms with Crippen LogP contribution < -0.4 is 5.32 Å². The first-order chi connectivity index (χ1) is 14.0. The maximum Gasteiger partial charge on any atom is 0.328 e. The van der Waals surface area contributed by atoms with Gasteiger partial charge < -0.3 is 14.6 Å². The molecule has 0 aliphatic rings. The number of carbonyl (C=O) groups excluding carboxylic acids is 2. The van der Waals surface area contributed by atoms with Crippen LogP contribution >= 0.6 is 0 Å². The van der Waals surface area contributed by atoms with Crippen molar-refractivity contribution in [2.45, 2.75) is 39.3 Å². The normalized spacial score (nSPS) is 12.1. The van der Waals surface area contributed by atoms with Gasteiger partial charge in [-0.3, -0.25) is 4.79 Å². The number of ether oxygens (including phenoxy) is 1. The summed E-state index contributed by atoms with van der Waals surface area (Å²) < 4.78 is 7.01. The summed E-state index contributed by atoms with van der Waals surface area (Å²) in [6.45, 7) is 4.76. The molecule has 0 saturated heterocycles. The monoisotopic (exact) mass is 392 g/mol. The number of hydrogen-bond donors (Lipinski definition) is 1. The molecular formula is C24H28N2O3. The highest BCUT2D eigenvalue weighted by Crippen LogP contribution is 2.23. The molecule has 0 radical (unpaired) electrons. The molecule has 0 aliphatic carbocycles. The van der Waals surface area contributed by atoms with E-state index in [1.807, 2.05) is 56.4 Å². The fourth-order valence-electron chi connectivity index (χ4n) is 3.62. The van der Waals surface area contributed by atoms with E-state index < -0.39 is 12.0 Å². The van der Waals surface area contributed by atoms with Crippen molar-refractivity contribution in [3.05, 3.63) is 71.9 Å². The molecule has 1 atom stereocenters. The zero-order valence-electron chi connectivity index (χ0n) is 17.2. The van der Waals surface area contributed by atoms with Gasteiger partial charge in [0.15, 0.2) is 0 Å². The molecule has 0 fully saturated rings. The van der Waals surface area contributed by atoms with E-state index in [-0.39, 0.29) is 18.2 Å². The minimum absolute atomic E-state index is 0.177. The summed E-state index contributed by atoms with van der Waals surface area (Å²) in [7, 11) is 1.35. The van der Waals surface area contributed by atoms with Gasteiger partial charge in [0, 0.05) is 23.6 Å². The van der Waals surface area contributed by atoms with E-state index in [2.05, 4.69) is 28.1 Å². The Morgan fingerprint density at radius 2 is 1.72 bits per heavy atom. The third-order valence-corrected chi connectivity index (χ3v) is 4.95. The average Bonchev–Trinajstić information content (AvgIpc) is 3.04. The van der Waals surface area contributed by atoms with Gasteiger partial charge in [-0.2, -0.15) is 0 Å². The molecule has 1 heterocycles. The van der Waals surface area contributed by atoms with E-state index in [0.717, 1.165) is 23.0 Å². The van der Waals surface area contributed by atoms with Gasteiger partial charge in [0.05, 0.1) is 13.5 Å². The molecule has 0 spiro atoms. The van der Waals surface area contributed by atoms with Gasteiger partial charge in [-0.05, 0) is 29.5 Å².